The standard InChI is InChI=1S/C11H18N2O4S/c1-2-9(8-12)18(16,17)13-11(7-10(14)15)5-3-4-6-11/h9,13H,2-7H2,1H3,(H,14,15). The summed E-state index contributed by atoms with van der Waals surface area (Å²) in [5.74, 6) is -1.02. The maximum Gasteiger partial charge on any atom is 0.305 e. The minimum atomic E-state index is -3.78. The topological polar surface area (TPSA) is 107 Å². The molecule has 1 saturated carbocycles. The Morgan fingerprint density at radius 2 is 2.06 bits per heavy atom. The monoisotopic (exact) mass is 274 g/mol. The lowest BCUT2D eigenvalue weighted by atomic mass is 9.95. The van der Waals surface area contributed by atoms with Gasteiger partial charge in [-0.1, -0.05) is 19.8 Å². The number of carboxylic acid groups (broad SMARTS) is 1. The first kappa shape index (κ1) is 14.9. The van der Waals surface area contributed by atoms with Gasteiger partial charge in [-0.2, -0.15) is 5.26 Å². The first-order valence-electron chi connectivity index (χ1n) is 5.99. The Labute approximate surface area is 107 Å². The Hall–Kier alpha value is -1.13. The molecule has 1 atom stereocenters. The van der Waals surface area contributed by atoms with Crippen molar-refractivity contribution >= 4 is 16.0 Å². The van der Waals surface area contributed by atoms with Gasteiger partial charge in [0, 0.05) is 5.54 Å². The number of hydrogen-bond donors (Lipinski definition) is 2. The van der Waals surface area contributed by atoms with Gasteiger partial charge in [0.2, 0.25) is 10.0 Å². The number of rotatable bonds is 6. The van der Waals surface area contributed by atoms with Gasteiger partial charge in [-0.3, -0.25) is 4.79 Å². The van der Waals surface area contributed by atoms with E-state index in [-0.39, 0.29) is 12.8 Å². The minimum Gasteiger partial charge on any atom is -0.481 e. The number of sulfonamides is 1. The average Bonchev–Trinajstić information content (AvgIpc) is 2.65. The second-order valence-corrected chi connectivity index (χ2v) is 6.59. The van der Waals surface area contributed by atoms with Gasteiger partial charge >= 0.3 is 5.97 Å². The molecular formula is C11H18N2O4S. The predicted octanol–water partition coefficient (Wildman–Crippen LogP) is 0.995. The quantitative estimate of drug-likeness (QED) is 0.751. The van der Waals surface area contributed by atoms with Gasteiger partial charge in [-0.15, -0.1) is 0 Å². The van der Waals surface area contributed by atoms with E-state index < -0.39 is 26.8 Å². The Kier molecular flexibility index (Phi) is 4.71. The van der Waals surface area contributed by atoms with Crippen molar-refractivity contribution in [3.05, 3.63) is 0 Å². The molecule has 1 aliphatic rings. The summed E-state index contributed by atoms with van der Waals surface area (Å²) < 4.78 is 26.5. The molecular weight excluding hydrogens is 256 g/mol. The molecule has 0 bridgehead atoms. The molecule has 0 aromatic rings. The zero-order valence-corrected chi connectivity index (χ0v) is 11.2. The molecule has 6 nitrogen and oxygen atoms in total. The van der Waals surface area contributed by atoms with Crippen LogP contribution in [-0.4, -0.2) is 30.3 Å². The Morgan fingerprint density at radius 3 is 2.44 bits per heavy atom. The van der Waals surface area contributed by atoms with Crippen molar-refractivity contribution in [2.45, 2.75) is 56.2 Å². The lowest BCUT2D eigenvalue weighted by molar-refractivity contribution is -0.138. The molecule has 2 N–H and O–H groups in total. The number of carboxylic acids is 1. The fourth-order valence-electron chi connectivity index (χ4n) is 2.41. The molecule has 0 amide bonds. The van der Waals surface area contributed by atoms with Crippen molar-refractivity contribution in [3.63, 3.8) is 0 Å². The number of carbonyl (C=O) groups is 1. The van der Waals surface area contributed by atoms with Crippen LogP contribution in [0.5, 0.6) is 0 Å². The van der Waals surface area contributed by atoms with Crippen LogP contribution in [-0.2, 0) is 14.8 Å². The maximum absolute atomic E-state index is 12.0. The van der Waals surface area contributed by atoms with Crippen LogP contribution in [0.15, 0.2) is 0 Å². The minimum absolute atomic E-state index is 0.189. The highest BCUT2D eigenvalue weighted by Gasteiger charge is 2.41. The fraction of sp³-hybridized carbons (Fsp3) is 0.818. The average molecular weight is 274 g/mol. The first-order valence-corrected chi connectivity index (χ1v) is 7.54. The second kappa shape index (κ2) is 5.67. The molecule has 1 unspecified atom stereocenters. The summed E-state index contributed by atoms with van der Waals surface area (Å²) in [4.78, 5) is 10.9. The zero-order valence-electron chi connectivity index (χ0n) is 10.3. The van der Waals surface area contributed by atoms with Gasteiger partial charge < -0.3 is 5.11 Å². The number of nitriles is 1. The second-order valence-electron chi connectivity index (χ2n) is 4.73. The number of nitrogens with one attached hydrogen (secondary N) is 1. The molecule has 0 spiro atoms. The van der Waals surface area contributed by atoms with Crippen molar-refractivity contribution < 1.29 is 18.3 Å². The van der Waals surface area contributed by atoms with E-state index in [9.17, 15) is 13.2 Å². The third-order valence-electron chi connectivity index (χ3n) is 3.30. The van der Waals surface area contributed by atoms with E-state index in [1.807, 2.05) is 0 Å². The zero-order chi connectivity index (χ0) is 13.8. The Morgan fingerprint density at radius 1 is 1.50 bits per heavy atom. The van der Waals surface area contributed by atoms with Crippen LogP contribution in [0.25, 0.3) is 0 Å². The van der Waals surface area contributed by atoms with E-state index in [4.69, 9.17) is 10.4 Å². The van der Waals surface area contributed by atoms with Crippen molar-refractivity contribution in [3.8, 4) is 6.07 Å². The number of nitrogens with zero attached hydrogens (tertiary/aromatic N) is 1. The van der Waals surface area contributed by atoms with E-state index in [1.165, 1.54) is 0 Å². The van der Waals surface area contributed by atoms with E-state index in [0.717, 1.165) is 12.8 Å². The SMILES string of the molecule is CCC(C#N)S(=O)(=O)NC1(CC(=O)O)CCCC1. The van der Waals surface area contributed by atoms with E-state index in [2.05, 4.69) is 4.72 Å². The van der Waals surface area contributed by atoms with Crippen molar-refractivity contribution in [1.29, 1.82) is 5.26 Å². The molecule has 0 radical (unpaired) electrons. The molecule has 102 valence electrons. The highest BCUT2D eigenvalue weighted by Crippen LogP contribution is 2.33. The normalized spacial score (nSPS) is 20.2. The highest BCUT2D eigenvalue weighted by atomic mass is 32.2. The van der Waals surface area contributed by atoms with Gasteiger partial charge in [0.25, 0.3) is 0 Å². The molecule has 0 aromatic carbocycles. The van der Waals surface area contributed by atoms with Gasteiger partial charge in [0.05, 0.1) is 12.5 Å². The van der Waals surface area contributed by atoms with Gasteiger partial charge in [-0.25, -0.2) is 13.1 Å². The van der Waals surface area contributed by atoms with E-state index in [1.54, 1.807) is 13.0 Å². The van der Waals surface area contributed by atoms with Crippen molar-refractivity contribution in [2.75, 3.05) is 0 Å². The van der Waals surface area contributed by atoms with Gasteiger partial charge in [0.1, 0.15) is 0 Å². The molecule has 0 aliphatic heterocycles. The van der Waals surface area contributed by atoms with Crippen molar-refractivity contribution in [2.24, 2.45) is 0 Å². The molecule has 1 fully saturated rings. The smallest absolute Gasteiger partial charge is 0.305 e. The molecule has 0 heterocycles. The predicted molar refractivity (Wildman–Crippen MR) is 65.2 cm³/mol. The fourth-order valence-corrected chi connectivity index (χ4v) is 4.01. The van der Waals surface area contributed by atoms with Crippen LogP contribution >= 0.6 is 0 Å². The summed E-state index contributed by atoms with van der Waals surface area (Å²) in [7, 11) is -3.78. The largest absolute Gasteiger partial charge is 0.481 e. The van der Waals surface area contributed by atoms with E-state index in [0.29, 0.717) is 12.8 Å². The summed E-state index contributed by atoms with van der Waals surface area (Å²) in [5, 5.41) is 16.6. The van der Waals surface area contributed by atoms with Crippen LogP contribution in [0.1, 0.15) is 45.4 Å². The van der Waals surface area contributed by atoms with Crippen LogP contribution < -0.4 is 4.72 Å². The van der Waals surface area contributed by atoms with Gasteiger partial charge in [0.15, 0.2) is 5.25 Å². The van der Waals surface area contributed by atoms with Crippen LogP contribution in [0.2, 0.25) is 0 Å². The molecule has 1 aliphatic carbocycles. The highest BCUT2D eigenvalue weighted by molar-refractivity contribution is 7.90. The molecule has 0 saturated heterocycles. The van der Waals surface area contributed by atoms with Crippen LogP contribution in [0.4, 0.5) is 0 Å². The first-order chi connectivity index (χ1) is 8.35. The Bertz CT molecular complexity index is 446. The summed E-state index contributed by atoms with van der Waals surface area (Å²) in [5.41, 5.74) is -0.908. The van der Waals surface area contributed by atoms with E-state index >= 15 is 0 Å². The maximum atomic E-state index is 12.0. The summed E-state index contributed by atoms with van der Waals surface area (Å²) >= 11 is 0. The number of aliphatic carboxylic acids is 1. The lowest BCUT2D eigenvalue weighted by Gasteiger charge is -2.29. The Balaban J connectivity index is 2.91. The van der Waals surface area contributed by atoms with Crippen molar-refractivity contribution in [1.82, 2.24) is 4.72 Å². The molecule has 7 heteroatoms. The summed E-state index contributed by atoms with van der Waals surface area (Å²) in [6.07, 6.45) is 2.60. The van der Waals surface area contributed by atoms with Crippen LogP contribution in [0, 0.1) is 11.3 Å². The molecule has 1 rings (SSSR count). The third kappa shape index (κ3) is 3.43. The molecule has 0 aromatic heterocycles. The third-order valence-corrected chi connectivity index (χ3v) is 5.20. The van der Waals surface area contributed by atoms with Crippen LogP contribution in [0.3, 0.4) is 0 Å². The molecule has 18 heavy (non-hydrogen) atoms. The van der Waals surface area contributed by atoms with Gasteiger partial charge in [-0.05, 0) is 19.3 Å². The lowest BCUT2D eigenvalue weighted by Crippen LogP contribution is -2.50. The summed E-state index contributed by atoms with van der Waals surface area (Å²) in [6.45, 7) is 1.62. The summed E-state index contributed by atoms with van der Waals surface area (Å²) in [6, 6.07) is 1.74. The number of hydrogen-bond acceptors (Lipinski definition) is 4.